The summed E-state index contributed by atoms with van der Waals surface area (Å²) in [7, 11) is 0. The number of hydrogen-bond acceptors (Lipinski definition) is 3. The molecular weight excluding hydrogens is 303 g/mol. The molecule has 0 radical (unpaired) electrons. The van der Waals surface area contributed by atoms with Gasteiger partial charge in [-0.2, -0.15) is 0 Å². The van der Waals surface area contributed by atoms with Crippen molar-refractivity contribution in [1.82, 2.24) is 0 Å². The minimum absolute atomic E-state index is 0.119. The van der Waals surface area contributed by atoms with Crippen molar-refractivity contribution in [3.63, 3.8) is 0 Å². The minimum atomic E-state index is -0.119. The highest BCUT2D eigenvalue weighted by atomic mass is 35.5. The second-order valence-corrected chi connectivity index (χ2v) is 6.69. The molecule has 0 unspecified atom stereocenters. The molecule has 0 atom stereocenters. The van der Waals surface area contributed by atoms with E-state index in [0.29, 0.717) is 25.9 Å². The number of ether oxygens (including phenoxy) is 1. The van der Waals surface area contributed by atoms with Gasteiger partial charge in [0.05, 0.1) is 16.0 Å². The van der Waals surface area contributed by atoms with Crippen molar-refractivity contribution in [2.24, 2.45) is 0 Å². The number of rotatable bonds is 4. The molecule has 2 nitrogen and oxygen atoms in total. The van der Waals surface area contributed by atoms with Gasteiger partial charge in [-0.25, -0.2) is 0 Å². The Bertz CT molecular complexity index is 615. The van der Waals surface area contributed by atoms with Crippen LogP contribution >= 0.6 is 34.5 Å². The molecule has 5 heteroatoms. The van der Waals surface area contributed by atoms with Crippen LogP contribution in [0.25, 0.3) is 0 Å². The number of benzene rings is 1. The predicted molar refractivity (Wildman–Crippen MR) is 77.9 cm³/mol. The number of carbonyl (C=O) groups is 1. The molecule has 0 amide bonds. The Morgan fingerprint density at radius 2 is 1.89 bits per heavy atom. The van der Waals surface area contributed by atoms with Gasteiger partial charge in [-0.15, -0.1) is 11.3 Å². The van der Waals surface area contributed by atoms with E-state index in [4.69, 9.17) is 27.9 Å². The van der Waals surface area contributed by atoms with Crippen LogP contribution in [-0.2, 0) is 0 Å². The Kier molecular flexibility index (Phi) is 3.52. The maximum absolute atomic E-state index is 12.2. The van der Waals surface area contributed by atoms with Gasteiger partial charge in [-0.1, -0.05) is 23.2 Å². The Balaban J connectivity index is 1.81. The van der Waals surface area contributed by atoms with Crippen LogP contribution in [0.3, 0.4) is 0 Å². The van der Waals surface area contributed by atoms with Crippen molar-refractivity contribution in [2.75, 3.05) is 0 Å². The van der Waals surface area contributed by atoms with Crippen LogP contribution < -0.4 is 4.74 Å². The fourth-order valence-corrected chi connectivity index (χ4v) is 3.17. The van der Waals surface area contributed by atoms with Gasteiger partial charge in [-0.3, -0.25) is 4.79 Å². The molecule has 19 heavy (non-hydrogen) atoms. The van der Waals surface area contributed by atoms with E-state index in [9.17, 15) is 4.79 Å². The van der Waals surface area contributed by atoms with Gasteiger partial charge in [0.15, 0.2) is 5.78 Å². The number of hydrogen-bond donors (Lipinski definition) is 0. The van der Waals surface area contributed by atoms with Crippen LogP contribution in [-0.4, -0.2) is 11.9 Å². The van der Waals surface area contributed by atoms with Crippen molar-refractivity contribution >= 4 is 40.3 Å². The summed E-state index contributed by atoms with van der Waals surface area (Å²) in [5, 5.41) is 0. The molecular formula is C14H10Cl2O2S. The first-order chi connectivity index (χ1) is 9.13. The molecule has 0 saturated heterocycles. The van der Waals surface area contributed by atoms with Crippen LogP contribution in [0.15, 0.2) is 30.3 Å². The van der Waals surface area contributed by atoms with Gasteiger partial charge >= 0.3 is 0 Å². The smallest absolute Gasteiger partial charge is 0.195 e. The lowest BCUT2D eigenvalue weighted by Crippen LogP contribution is -2.01. The van der Waals surface area contributed by atoms with Gasteiger partial charge in [0.25, 0.3) is 0 Å². The first kappa shape index (κ1) is 13.0. The van der Waals surface area contributed by atoms with E-state index in [-0.39, 0.29) is 5.78 Å². The van der Waals surface area contributed by atoms with Crippen LogP contribution in [0.4, 0.5) is 0 Å². The maximum atomic E-state index is 12.2. The summed E-state index contributed by atoms with van der Waals surface area (Å²) in [6.07, 6.45) is 2.58. The fourth-order valence-electron chi connectivity index (χ4n) is 1.71. The number of halogens is 2. The third kappa shape index (κ3) is 2.94. The van der Waals surface area contributed by atoms with E-state index >= 15 is 0 Å². The lowest BCUT2D eigenvalue weighted by atomic mass is 10.1. The Morgan fingerprint density at radius 1 is 1.21 bits per heavy atom. The normalized spacial score (nSPS) is 14.4. The van der Waals surface area contributed by atoms with Crippen molar-refractivity contribution < 1.29 is 9.53 Å². The molecule has 2 aromatic rings. The van der Waals surface area contributed by atoms with E-state index in [0.717, 1.165) is 18.6 Å². The average Bonchev–Trinajstić information content (AvgIpc) is 3.13. The summed E-state index contributed by atoms with van der Waals surface area (Å²) < 4.78 is 6.58. The molecule has 1 aromatic heterocycles. The second kappa shape index (κ2) is 5.16. The molecule has 0 spiro atoms. The lowest BCUT2D eigenvalue weighted by Gasteiger charge is -2.05. The zero-order chi connectivity index (χ0) is 13.4. The third-order valence-corrected chi connectivity index (χ3v) is 4.33. The van der Waals surface area contributed by atoms with Crippen molar-refractivity contribution in [3.05, 3.63) is 50.1 Å². The second-order valence-electron chi connectivity index (χ2n) is 4.41. The largest absolute Gasteiger partial charge is 0.490 e. The minimum Gasteiger partial charge on any atom is -0.490 e. The molecule has 1 aliphatic rings. The van der Waals surface area contributed by atoms with Gasteiger partial charge < -0.3 is 4.74 Å². The van der Waals surface area contributed by atoms with Crippen LogP contribution in [0.5, 0.6) is 5.75 Å². The highest BCUT2D eigenvalue weighted by Crippen LogP contribution is 2.33. The Hall–Kier alpha value is -1.03. The van der Waals surface area contributed by atoms with E-state index in [1.807, 2.05) is 12.1 Å². The van der Waals surface area contributed by atoms with Crippen molar-refractivity contribution in [3.8, 4) is 5.75 Å². The fraction of sp³-hybridized carbons (Fsp3) is 0.214. The predicted octanol–water partition coefficient (Wildman–Crippen LogP) is 4.83. The van der Waals surface area contributed by atoms with E-state index < -0.39 is 0 Å². The van der Waals surface area contributed by atoms with E-state index in [2.05, 4.69) is 0 Å². The molecule has 1 aromatic carbocycles. The van der Waals surface area contributed by atoms with Crippen LogP contribution in [0.1, 0.15) is 28.8 Å². The summed E-state index contributed by atoms with van der Waals surface area (Å²) in [4.78, 5) is 12.2. The van der Waals surface area contributed by atoms with Crippen molar-refractivity contribution in [2.45, 2.75) is 18.9 Å². The van der Waals surface area contributed by atoms with E-state index in [1.54, 1.807) is 18.2 Å². The molecule has 1 fully saturated rings. The molecule has 98 valence electrons. The monoisotopic (exact) mass is 312 g/mol. The van der Waals surface area contributed by atoms with Gasteiger partial charge in [0.1, 0.15) is 10.1 Å². The Morgan fingerprint density at radius 3 is 2.42 bits per heavy atom. The topological polar surface area (TPSA) is 26.3 Å². The summed E-state index contributed by atoms with van der Waals surface area (Å²) in [5.74, 6) is 0.680. The zero-order valence-electron chi connectivity index (χ0n) is 9.86. The first-order valence-electron chi connectivity index (χ1n) is 5.90. The molecule has 0 aliphatic heterocycles. The average molecular weight is 313 g/mol. The summed E-state index contributed by atoms with van der Waals surface area (Å²) in [6.45, 7) is 0. The summed E-state index contributed by atoms with van der Waals surface area (Å²) in [6, 6.07) is 8.73. The van der Waals surface area contributed by atoms with Crippen LogP contribution in [0, 0.1) is 0 Å². The molecule has 1 heterocycles. The summed E-state index contributed by atoms with van der Waals surface area (Å²) >= 11 is 13.0. The quantitative estimate of drug-likeness (QED) is 0.756. The zero-order valence-corrected chi connectivity index (χ0v) is 12.2. The number of carbonyl (C=O) groups excluding carboxylic acids is 1. The highest BCUT2D eigenvalue weighted by Gasteiger charge is 2.23. The van der Waals surface area contributed by atoms with Crippen molar-refractivity contribution in [1.29, 1.82) is 0 Å². The standard InChI is InChI=1S/C14H10Cl2O2S/c15-12-7-11(14(16)19-12)13(17)8-1-3-9(4-2-8)18-10-5-6-10/h1-4,7,10H,5-6H2. The van der Waals surface area contributed by atoms with Crippen LogP contribution in [0.2, 0.25) is 8.67 Å². The van der Waals surface area contributed by atoms with E-state index in [1.165, 1.54) is 11.3 Å². The van der Waals surface area contributed by atoms with Gasteiger partial charge in [-0.05, 0) is 43.2 Å². The Labute approximate surface area is 124 Å². The van der Waals surface area contributed by atoms with Gasteiger partial charge in [0.2, 0.25) is 0 Å². The molecule has 1 saturated carbocycles. The van der Waals surface area contributed by atoms with Gasteiger partial charge in [0, 0.05) is 5.56 Å². The number of ketones is 1. The molecule has 3 rings (SSSR count). The molecule has 0 N–H and O–H groups in total. The maximum Gasteiger partial charge on any atom is 0.195 e. The molecule has 0 bridgehead atoms. The highest BCUT2D eigenvalue weighted by molar-refractivity contribution is 7.20. The lowest BCUT2D eigenvalue weighted by molar-refractivity contribution is 0.103. The summed E-state index contributed by atoms with van der Waals surface area (Å²) in [5.41, 5.74) is 1.03. The number of thiophene rings is 1. The first-order valence-corrected chi connectivity index (χ1v) is 7.47. The SMILES string of the molecule is O=C(c1ccc(OC2CC2)cc1)c1cc(Cl)sc1Cl. The molecule has 1 aliphatic carbocycles. The third-order valence-electron chi connectivity index (χ3n) is 2.84.